The Morgan fingerprint density at radius 3 is 2.43 bits per heavy atom. The Morgan fingerprint density at radius 1 is 1.14 bits per heavy atom. The molecule has 0 fully saturated rings. The smallest absolute Gasteiger partial charge is 0.251 e. The fourth-order valence-electron chi connectivity index (χ4n) is 2.27. The molecule has 0 aliphatic rings. The highest BCUT2D eigenvalue weighted by molar-refractivity contribution is 5.94. The van der Waals surface area contributed by atoms with E-state index in [2.05, 4.69) is 12.2 Å². The molecule has 2 aromatic rings. The Balaban J connectivity index is 2.11. The van der Waals surface area contributed by atoms with Crippen molar-refractivity contribution in [1.82, 2.24) is 5.32 Å². The molecule has 0 saturated heterocycles. The molecule has 0 aliphatic carbocycles. The standard InChI is InChI=1S/C18H21NO2/c1-4-14-9-11-15(12-10-14)18(20)19-13(2)16-7-5-6-8-17(16)21-3/h5-13H,4H2,1-3H3,(H,19,20)/t13-/m0/s1. The van der Waals surface area contributed by atoms with Gasteiger partial charge >= 0.3 is 0 Å². The average molecular weight is 283 g/mol. The van der Waals surface area contributed by atoms with Gasteiger partial charge in [0.15, 0.2) is 0 Å². The molecule has 2 aromatic carbocycles. The summed E-state index contributed by atoms with van der Waals surface area (Å²) in [7, 11) is 1.64. The summed E-state index contributed by atoms with van der Waals surface area (Å²) in [4.78, 5) is 12.3. The van der Waals surface area contributed by atoms with Gasteiger partial charge in [-0.3, -0.25) is 4.79 Å². The molecule has 1 atom stereocenters. The predicted molar refractivity (Wildman–Crippen MR) is 84.7 cm³/mol. The third-order valence-corrected chi connectivity index (χ3v) is 3.58. The number of carbonyl (C=O) groups excluding carboxylic acids is 1. The fraction of sp³-hybridized carbons (Fsp3) is 0.278. The van der Waals surface area contributed by atoms with Crippen molar-refractivity contribution in [3.8, 4) is 5.75 Å². The van der Waals surface area contributed by atoms with Gasteiger partial charge in [0.1, 0.15) is 5.75 Å². The van der Waals surface area contributed by atoms with Crippen LogP contribution in [0, 0.1) is 0 Å². The molecule has 1 amide bonds. The highest BCUT2D eigenvalue weighted by atomic mass is 16.5. The van der Waals surface area contributed by atoms with Gasteiger partial charge in [-0.25, -0.2) is 0 Å². The molecule has 0 aromatic heterocycles. The predicted octanol–water partition coefficient (Wildman–Crippen LogP) is 3.75. The van der Waals surface area contributed by atoms with Gasteiger partial charge in [0.05, 0.1) is 13.2 Å². The van der Waals surface area contributed by atoms with Crippen LogP contribution in [0.4, 0.5) is 0 Å². The Hall–Kier alpha value is -2.29. The monoisotopic (exact) mass is 283 g/mol. The number of methoxy groups -OCH3 is 1. The van der Waals surface area contributed by atoms with E-state index in [0.717, 1.165) is 17.7 Å². The van der Waals surface area contributed by atoms with Gasteiger partial charge in [-0.1, -0.05) is 37.3 Å². The summed E-state index contributed by atoms with van der Waals surface area (Å²) in [6, 6.07) is 15.3. The van der Waals surface area contributed by atoms with Crippen LogP contribution in [-0.4, -0.2) is 13.0 Å². The summed E-state index contributed by atoms with van der Waals surface area (Å²) in [5.41, 5.74) is 2.87. The molecule has 0 spiro atoms. The first-order valence-corrected chi connectivity index (χ1v) is 7.18. The Kier molecular flexibility index (Phi) is 4.99. The Morgan fingerprint density at radius 2 is 1.81 bits per heavy atom. The summed E-state index contributed by atoms with van der Waals surface area (Å²) in [5.74, 6) is 0.711. The maximum Gasteiger partial charge on any atom is 0.251 e. The maximum atomic E-state index is 12.3. The van der Waals surface area contributed by atoms with E-state index in [1.54, 1.807) is 7.11 Å². The largest absolute Gasteiger partial charge is 0.496 e. The highest BCUT2D eigenvalue weighted by Gasteiger charge is 2.14. The molecule has 0 radical (unpaired) electrons. The van der Waals surface area contributed by atoms with Crippen LogP contribution in [0.15, 0.2) is 48.5 Å². The summed E-state index contributed by atoms with van der Waals surface area (Å²) < 4.78 is 5.33. The number of carbonyl (C=O) groups is 1. The lowest BCUT2D eigenvalue weighted by Gasteiger charge is -2.17. The number of ether oxygens (including phenoxy) is 1. The van der Waals surface area contributed by atoms with E-state index < -0.39 is 0 Å². The van der Waals surface area contributed by atoms with Gasteiger partial charge in [-0.15, -0.1) is 0 Å². The molecule has 0 bridgehead atoms. The second kappa shape index (κ2) is 6.93. The third kappa shape index (κ3) is 3.63. The molecule has 110 valence electrons. The van der Waals surface area contributed by atoms with Crippen LogP contribution < -0.4 is 10.1 Å². The van der Waals surface area contributed by atoms with E-state index in [1.165, 1.54) is 5.56 Å². The zero-order valence-electron chi connectivity index (χ0n) is 12.7. The SMILES string of the molecule is CCc1ccc(C(=O)N[C@@H](C)c2ccccc2OC)cc1. The number of hydrogen-bond acceptors (Lipinski definition) is 2. The molecule has 0 unspecified atom stereocenters. The molecular formula is C18H21NO2. The first-order valence-electron chi connectivity index (χ1n) is 7.18. The normalized spacial score (nSPS) is 11.8. The zero-order valence-corrected chi connectivity index (χ0v) is 12.7. The maximum absolute atomic E-state index is 12.3. The molecule has 21 heavy (non-hydrogen) atoms. The second-order valence-electron chi connectivity index (χ2n) is 4.99. The van der Waals surface area contributed by atoms with Crippen molar-refractivity contribution in [3.05, 3.63) is 65.2 Å². The van der Waals surface area contributed by atoms with Crippen LogP contribution >= 0.6 is 0 Å². The summed E-state index contributed by atoms with van der Waals surface area (Å²) in [5, 5.41) is 3.01. The minimum Gasteiger partial charge on any atom is -0.496 e. The Bertz CT molecular complexity index is 605. The summed E-state index contributed by atoms with van der Waals surface area (Å²) >= 11 is 0. The van der Waals surface area contributed by atoms with Crippen molar-refractivity contribution in [3.63, 3.8) is 0 Å². The van der Waals surface area contributed by atoms with Crippen molar-refractivity contribution in [1.29, 1.82) is 0 Å². The van der Waals surface area contributed by atoms with Gasteiger partial charge in [0.2, 0.25) is 0 Å². The van der Waals surface area contributed by atoms with E-state index in [1.807, 2.05) is 55.5 Å². The molecule has 3 nitrogen and oxygen atoms in total. The van der Waals surface area contributed by atoms with Crippen LogP contribution in [0.2, 0.25) is 0 Å². The second-order valence-corrected chi connectivity index (χ2v) is 4.99. The van der Waals surface area contributed by atoms with Crippen LogP contribution in [0.3, 0.4) is 0 Å². The van der Waals surface area contributed by atoms with Gasteiger partial charge in [0, 0.05) is 11.1 Å². The van der Waals surface area contributed by atoms with Crippen molar-refractivity contribution in [2.45, 2.75) is 26.3 Å². The third-order valence-electron chi connectivity index (χ3n) is 3.58. The lowest BCUT2D eigenvalue weighted by Crippen LogP contribution is -2.26. The molecule has 3 heteroatoms. The van der Waals surface area contributed by atoms with E-state index >= 15 is 0 Å². The van der Waals surface area contributed by atoms with Gasteiger partial charge in [0.25, 0.3) is 5.91 Å². The van der Waals surface area contributed by atoms with Gasteiger partial charge in [-0.05, 0) is 37.1 Å². The number of rotatable bonds is 5. The molecule has 0 aliphatic heterocycles. The van der Waals surface area contributed by atoms with Gasteiger partial charge < -0.3 is 10.1 Å². The fourth-order valence-corrected chi connectivity index (χ4v) is 2.27. The quantitative estimate of drug-likeness (QED) is 0.907. The van der Waals surface area contributed by atoms with Crippen molar-refractivity contribution in [2.75, 3.05) is 7.11 Å². The van der Waals surface area contributed by atoms with Crippen molar-refractivity contribution >= 4 is 5.91 Å². The van der Waals surface area contributed by atoms with E-state index in [9.17, 15) is 4.79 Å². The first-order chi connectivity index (χ1) is 10.2. The van der Waals surface area contributed by atoms with E-state index in [0.29, 0.717) is 5.56 Å². The number of benzene rings is 2. The number of para-hydroxylation sites is 1. The minimum absolute atomic E-state index is 0.0731. The lowest BCUT2D eigenvalue weighted by atomic mass is 10.1. The van der Waals surface area contributed by atoms with Crippen LogP contribution in [0.25, 0.3) is 0 Å². The highest BCUT2D eigenvalue weighted by Crippen LogP contribution is 2.24. The lowest BCUT2D eigenvalue weighted by molar-refractivity contribution is 0.0939. The number of hydrogen-bond donors (Lipinski definition) is 1. The van der Waals surface area contributed by atoms with Crippen LogP contribution in [0.1, 0.15) is 41.4 Å². The van der Waals surface area contributed by atoms with Crippen LogP contribution in [-0.2, 0) is 6.42 Å². The molecule has 2 rings (SSSR count). The first kappa shape index (κ1) is 15.1. The number of nitrogens with one attached hydrogen (secondary N) is 1. The topological polar surface area (TPSA) is 38.3 Å². The summed E-state index contributed by atoms with van der Waals surface area (Å²) in [6.45, 7) is 4.05. The number of amides is 1. The van der Waals surface area contributed by atoms with Crippen molar-refractivity contribution < 1.29 is 9.53 Å². The zero-order chi connectivity index (χ0) is 15.2. The minimum atomic E-state index is -0.112. The summed E-state index contributed by atoms with van der Waals surface area (Å²) in [6.07, 6.45) is 0.972. The number of aryl methyl sites for hydroxylation is 1. The molecule has 1 N–H and O–H groups in total. The molecular weight excluding hydrogens is 262 g/mol. The van der Waals surface area contributed by atoms with E-state index in [4.69, 9.17) is 4.74 Å². The van der Waals surface area contributed by atoms with Crippen molar-refractivity contribution in [2.24, 2.45) is 0 Å². The van der Waals surface area contributed by atoms with Gasteiger partial charge in [-0.2, -0.15) is 0 Å². The average Bonchev–Trinajstić information content (AvgIpc) is 2.54. The van der Waals surface area contributed by atoms with E-state index in [-0.39, 0.29) is 11.9 Å². The Labute approximate surface area is 126 Å². The van der Waals surface area contributed by atoms with Crippen LogP contribution in [0.5, 0.6) is 5.75 Å². The molecule has 0 saturated carbocycles. The molecule has 0 heterocycles.